The lowest BCUT2D eigenvalue weighted by molar-refractivity contribution is 0.626. The van der Waals surface area contributed by atoms with Crippen molar-refractivity contribution in [3.63, 3.8) is 0 Å². The summed E-state index contributed by atoms with van der Waals surface area (Å²) in [6.07, 6.45) is 1.56. The molecule has 0 N–H and O–H groups in total. The van der Waals surface area contributed by atoms with Crippen LogP contribution < -0.4 is 5.56 Å². The molecule has 7 heteroatoms. The molecule has 0 aliphatic rings. The largest absolute Gasteiger partial charge is 0.367 e. The van der Waals surface area contributed by atoms with Crippen LogP contribution in [0.3, 0.4) is 0 Å². The first-order valence-electron chi connectivity index (χ1n) is 5.49. The van der Waals surface area contributed by atoms with Crippen molar-refractivity contribution in [1.82, 2.24) is 14.6 Å². The number of benzene rings is 1. The van der Waals surface area contributed by atoms with Crippen LogP contribution in [-0.2, 0) is 0 Å². The fraction of sp³-hybridized carbons (Fsp3) is 0.250. The zero-order valence-electron chi connectivity index (χ0n) is 10.7. The number of rotatable bonds is 2. The maximum absolute atomic E-state index is 12.4. The lowest BCUT2D eigenvalue weighted by Crippen LogP contribution is -2.22. The third kappa shape index (κ3) is 2.87. The van der Waals surface area contributed by atoms with E-state index in [0.717, 1.165) is 8.95 Å². The van der Waals surface area contributed by atoms with E-state index in [0.29, 0.717) is 16.7 Å². The molecule has 0 aliphatic heterocycles. The van der Waals surface area contributed by atoms with Gasteiger partial charge in [-0.2, -0.15) is 9.78 Å². The zero-order valence-corrected chi connectivity index (χ0v) is 13.9. The predicted molar refractivity (Wildman–Crippen MR) is 83.7 cm³/mol. The van der Waals surface area contributed by atoms with E-state index in [1.807, 2.05) is 20.2 Å². The van der Waals surface area contributed by atoms with E-state index in [1.165, 1.54) is 4.68 Å². The van der Waals surface area contributed by atoms with Crippen LogP contribution in [0.1, 0.15) is 5.82 Å². The molecule has 0 aliphatic carbocycles. The maximum atomic E-state index is 12.4. The first-order valence-corrected chi connectivity index (χ1v) is 7.08. The third-order valence-electron chi connectivity index (χ3n) is 2.43. The lowest BCUT2D eigenvalue weighted by Gasteiger charge is -2.08. The van der Waals surface area contributed by atoms with E-state index in [4.69, 9.17) is 0 Å². The Morgan fingerprint density at radius 3 is 2.68 bits per heavy atom. The van der Waals surface area contributed by atoms with E-state index in [1.54, 1.807) is 24.2 Å². The molecule has 19 heavy (non-hydrogen) atoms. The van der Waals surface area contributed by atoms with Gasteiger partial charge in [-0.05, 0) is 35.0 Å². The van der Waals surface area contributed by atoms with Gasteiger partial charge in [0.2, 0.25) is 0 Å². The molecule has 5 nitrogen and oxygen atoms in total. The summed E-state index contributed by atoms with van der Waals surface area (Å²) < 4.78 is 2.89. The Kier molecular flexibility index (Phi) is 4.05. The summed E-state index contributed by atoms with van der Waals surface area (Å²) in [7, 11) is 3.68. The summed E-state index contributed by atoms with van der Waals surface area (Å²) in [5.41, 5.74) is 0.449. The Morgan fingerprint density at radius 1 is 1.37 bits per heavy atom. The summed E-state index contributed by atoms with van der Waals surface area (Å²) >= 11 is 6.79. The number of halogens is 2. The number of hydrogen-bond donors (Lipinski definition) is 0. The highest BCUT2D eigenvalue weighted by Gasteiger charge is 2.11. The maximum Gasteiger partial charge on any atom is 0.282 e. The molecule has 0 saturated carbocycles. The number of aryl methyl sites for hydroxylation is 1. The monoisotopic (exact) mass is 386 g/mol. The number of hydrogen-bond acceptors (Lipinski definition) is 3. The Hall–Kier alpha value is -1.21. The van der Waals surface area contributed by atoms with Gasteiger partial charge in [-0.1, -0.05) is 15.9 Å². The molecule has 0 spiro atoms. The molecule has 0 atom stereocenters. The summed E-state index contributed by atoms with van der Waals surface area (Å²) in [5.74, 6) is 0.540. The minimum absolute atomic E-state index is 0.192. The van der Waals surface area contributed by atoms with Gasteiger partial charge in [0.05, 0.1) is 10.9 Å². The SMILES string of the molecule is Cc1nc2c(Br)cc(Br)cc2c(=O)n1/N=C/N(C)C. The van der Waals surface area contributed by atoms with Gasteiger partial charge >= 0.3 is 0 Å². The van der Waals surface area contributed by atoms with E-state index in [2.05, 4.69) is 41.9 Å². The summed E-state index contributed by atoms with van der Waals surface area (Å²) in [6.45, 7) is 1.75. The number of aromatic nitrogens is 2. The lowest BCUT2D eigenvalue weighted by atomic mass is 10.2. The van der Waals surface area contributed by atoms with Gasteiger partial charge in [-0.25, -0.2) is 4.98 Å². The second-order valence-corrected chi connectivity index (χ2v) is 6.02. The average molecular weight is 388 g/mol. The Labute approximate surface area is 127 Å². The first kappa shape index (κ1) is 14.2. The smallest absolute Gasteiger partial charge is 0.282 e. The van der Waals surface area contributed by atoms with Crippen molar-refractivity contribution >= 4 is 49.1 Å². The minimum Gasteiger partial charge on any atom is -0.367 e. The van der Waals surface area contributed by atoms with Crippen molar-refractivity contribution in [2.24, 2.45) is 5.10 Å². The van der Waals surface area contributed by atoms with Gasteiger partial charge in [-0.15, -0.1) is 0 Å². The number of fused-ring (bicyclic) bond motifs is 1. The van der Waals surface area contributed by atoms with Crippen molar-refractivity contribution in [1.29, 1.82) is 0 Å². The van der Waals surface area contributed by atoms with Crippen LogP contribution in [-0.4, -0.2) is 35.0 Å². The third-order valence-corrected chi connectivity index (χ3v) is 3.49. The topological polar surface area (TPSA) is 50.5 Å². The molecule has 0 bridgehead atoms. The molecule has 0 radical (unpaired) electrons. The molecule has 1 aromatic heterocycles. The second kappa shape index (κ2) is 5.42. The Morgan fingerprint density at radius 2 is 2.05 bits per heavy atom. The van der Waals surface area contributed by atoms with Crippen LogP contribution in [0, 0.1) is 6.92 Å². The quantitative estimate of drug-likeness (QED) is 0.587. The molecular formula is C12H12Br2N4O. The highest BCUT2D eigenvalue weighted by Crippen LogP contribution is 2.25. The van der Waals surface area contributed by atoms with Crippen molar-refractivity contribution < 1.29 is 0 Å². The van der Waals surface area contributed by atoms with Gasteiger partial charge in [0, 0.05) is 23.0 Å². The van der Waals surface area contributed by atoms with Crippen molar-refractivity contribution in [2.75, 3.05) is 14.1 Å². The number of nitrogens with zero attached hydrogens (tertiary/aromatic N) is 4. The summed E-state index contributed by atoms with van der Waals surface area (Å²) in [5, 5.41) is 4.64. The van der Waals surface area contributed by atoms with Crippen LogP contribution in [0.5, 0.6) is 0 Å². The van der Waals surface area contributed by atoms with E-state index in [-0.39, 0.29) is 5.56 Å². The van der Waals surface area contributed by atoms with E-state index >= 15 is 0 Å². The van der Waals surface area contributed by atoms with E-state index < -0.39 is 0 Å². The van der Waals surface area contributed by atoms with Crippen LogP contribution >= 0.6 is 31.9 Å². The Bertz CT molecular complexity index is 722. The molecule has 1 aromatic carbocycles. The molecular weight excluding hydrogens is 376 g/mol. The fourth-order valence-electron chi connectivity index (χ4n) is 1.60. The van der Waals surface area contributed by atoms with Crippen LogP contribution in [0.4, 0.5) is 0 Å². The predicted octanol–water partition coefficient (Wildman–Crippen LogP) is 2.58. The molecule has 1 heterocycles. The van der Waals surface area contributed by atoms with E-state index in [9.17, 15) is 4.79 Å². The molecule has 0 fully saturated rings. The molecule has 0 saturated heterocycles. The van der Waals surface area contributed by atoms with Gasteiger partial charge in [-0.3, -0.25) is 4.79 Å². The van der Waals surface area contributed by atoms with Gasteiger partial charge in [0.1, 0.15) is 12.2 Å². The molecule has 0 unspecified atom stereocenters. The van der Waals surface area contributed by atoms with Crippen molar-refractivity contribution in [3.05, 3.63) is 37.3 Å². The first-order chi connectivity index (χ1) is 8.90. The fourth-order valence-corrected chi connectivity index (χ4v) is 2.92. The summed E-state index contributed by atoms with van der Waals surface area (Å²) in [4.78, 5) is 18.6. The van der Waals surface area contributed by atoms with Crippen molar-refractivity contribution in [3.8, 4) is 0 Å². The van der Waals surface area contributed by atoms with Crippen LogP contribution in [0.2, 0.25) is 0 Å². The minimum atomic E-state index is -0.192. The zero-order chi connectivity index (χ0) is 14.2. The Balaban J connectivity index is 2.78. The van der Waals surface area contributed by atoms with Gasteiger partial charge in [0.15, 0.2) is 0 Å². The van der Waals surface area contributed by atoms with Crippen molar-refractivity contribution in [2.45, 2.75) is 6.92 Å². The van der Waals surface area contributed by atoms with Gasteiger partial charge < -0.3 is 4.90 Å². The molecule has 2 aromatic rings. The highest BCUT2D eigenvalue weighted by atomic mass is 79.9. The summed E-state index contributed by atoms with van der Waals surface area (Å²) in [6, 6.07) is 3.61. The normalized spacial score (nSPS) is 11.4. The molecule has 100 valence electrons. The standard InChI is InChI=1S/C12H12Br2N4O/c1-7-16-11-9(4-8(13)5-10(11)14)12(19)18(7)15-6-17(2)3/h4-6H,1-3H3/b15-6+. The average Bonchev–Trinajstić information content (AvgIpc) is 2.30. The second-order valence-electron chi connectivity index (χ2n) is 4.25. The molecule has 2 rings (SSSR count). The highest BCUT2D eigenvalue weighted by molar-refractivity contribution is 9.11. The van der Waals surface area contributed by atoms with Crippen LogP contribution in [0.25, 0.3) is 10.9 Å². The molecule has 0 amide bonds. The van der Waals surface area contributed by atoms with Crippen LogP contribution in [0.15, 0.2) is 31.0 Å². The van der Waals surface area contributed by atoms with Gasteiger partial charge in [0.25, 0.3) is 5.56 Å².